The Hall–Kier alpha value is -3.14. The van der Waals surface area contributed by atoms with Crippen LogP contribution in [0.1, 0.15) is 48.4 Å². The van der Waals surface area contributed by atoms with Gasteiger partial charge in [0.1, 0.15) is 35.3 Å². The summed E-state index contributed by atoms with van der Waals surface area (Å²) in [5.74, 6) is -1.50. The maximum atomic E-state index is 12.1. The van der Waals surface area contributed by atoms with Gasteiger partial charge in [-0.05, 0) is 52.0 Å². The summed E-state index contributed by atoms with van der Waals surface area (Å²) in [6.07, 6.45) is -1.34. The Morgan fingerprint density at radius 2 is 1.03 bits per heavy atom. The molecule has 0 aliphatic heterocycles. The maximum Gasteiger partial charge on any atom is 0.342 e. The summed E-state index contributed by atoms with van der Waals surface area (Å²) >= 11 is 0. The van der Waals surface area contributed by atoms with Crippen molar-refractivity contribution in [2.75, 3.05) is 26.4 Å². The quantitative estimate of drug-likeness (QED) is 0.382. The highest BCUT2D eigenvalue weighted by Crippen LogP contribution is 2.18. The molecule has 0 saturated carbocycles. The average molecular weight is 491 g/mol. The molecule has 35 heavy (non-hydrogen) atoms. The largest absolute Gasteiger partial charge is 0.507 e. The zero-order valence-corrected chi connectivity index (χ0v) is 20.5. The first-order valence-corrected chi connectivity index (χ1v) is 11.5. The summed E-state index contributed by atoms with van der Waals surface area (Å²) in [6, 6.07) is 12.4. The van der Waals surface area contributed by atoms with E-state index in [4.69, 9.17) is 23.7 Å². The maximum absolute atomic E-state index is 12.1. The average Bonchev–Trinajstić information content (AvgIpc) is 2.83. The van der Waals surface area contributed by atoms with Gasteiger partial charge < -0.3 is 33.9 Å². The van der Waals surface area contributed by atoms with Crippen LogP contribution in [0.4, 0.5) is 0 Å². The molecule has 0 aliphatic carbocycles. The predicted molar refractivity (Wildman–Crippen MR) is 128 cm³/mol. The van der Waals surface area contributed by atoms with E-state index < -0.39 is 18.0 Å². The number of rotatable bonds is 14. The minimum Gasteiger partial charge on any atom is -0.507 e. The molecule has 9 nitrogen and oxygen atoms in total. The van der Waals surface area contributed by atoms with E-state index in [-0.39, 0.29) is 60.8 Å². The van der Waals surface area contributed by atoms with Gasteiger partial charge in [-0.15, -0.1) is 0 Å². The van der Waals surface area contributed by atoms with Crippen molar-refractivity contribution in [2.45, 2.75) is 52.1 Å². The number of carbonyl (C=O) groups excluding carboxylic acids is 2. The highest BCUT2D eigenvalue weighted by atomic mass is 16.6. The van der Waals surface area contributed by atoms with Crippen LogP contribution in [0.25, 0.3) is 0 Å². The summed E-state index contributed by atoms with van der Waals surface area (Å²) in [5.41, 5.74) is 0.208. The number of carbonyl (C=O) groups is 2. The fourth-order valence-corrected chi connectivity index (χ4v) is 2.89. The third-order valence-electron chi connectivity index (χ3n) is 4.85. The minimum absolute atomic E-state index is 0.0385. The van der Waals surface area contributed by atoms with Crippen LogP contribution in [-0.2, 0) is 23.7 Å². The zero-order chi connectivity index (χ0) is 25.8. The van der Waals surface area contributed by atoms with Gasteiger partial charge in [-0.2, -0.15) is 0 Å². The number of phenolic OH excluding ortho intramolecular Hbond substituents is 2. The standard InChI is InChI=1S/C26H34O9/c1-17(13-32-19(3)15-34-25(29)21-9-5-7-11-23(21)27)31-14-18(2)33-16-20(4)35-26(30)22-10-6-8-12-24(22)28/h5-12,17-20,27-28H,13-16H2,1-4H3. The number of phenols is 2. The van der Waals surface area contributed by atoms with Crippen molar-refractivity contribution in [1.29, 1.82) is 0 Å². The first-order valence-electron chi connectivity index (χ1n) is 11.5. The summed E-state index contributed by atoms with van der Waals surface area (Å²) in [6.45, 7) is 7.98. The van der Waals surface area contributed by atoms with Crippen LogP contribution in [0, 0.1) is 0 Å². The van der Waals surface area contributed by atoms with Crippen molar-refractivity contribution >= 4 is 11.9 Å². The van der Waals surface area contributed by atoms with E-state index in [2.05, 4.69) is 0 Å². The van der Waals surface area contributed by atoms with E-state index >= 15 is 0 Å². The second-order valence-corrected chi connectivity index (χ2v) is 8.28. The van der Waals surface area contributed by atoms with Crippen LogP contribution in [0.3, 0.4) is 0 Å². The summed E-state index contributed by atoms with van der Waals surface area (Å²) in [7, 11) is 0. The zero-order valence-electron chi connectivity index (χ0n) is 20.5. The van der Waals surface area contributed by atoms with Gasteiger partial charge in [-0.25, -0.2) is 9.59 Å². The van der Waals surface area contributed by atoms with Gasteiger partial charge in [-0.3, -0.25) is 0 Å². The van der Waals surface area contributed by atoms with E-state index in [1.165, 1.54) is 24.3 Å². The number of hydrogen-bond donors (Lipinski definition) is 2. The number of ether oxygens (including phenoxy) is 5. The fraction of sp³-hybridized carbons (Fsp3) is 0.462. The van der Waals surface area contributed by atoms with Gasteiger partial charge >= 0.3 is 11.9 Å². The second-order valence-electron chi connectivity index (χ2n) is 8.28. The van der Waals surface area contributed by atoms with E-state index in [1.807, 2.05) is 13.8 Å². The number of aromatic hydroxyl groups is 2. The lowest BCUT2D eigenvalue weighted by Crippen LogP contribution is -2.29. The van der Waals surface area contributed by atoms with E-state index in [9.17, 15) is 19.8 Å². The monoisotopic (exact) mass is 490 g/mol. The number of hydrogen-bond acceptors (Lipinski definition) is 9. The van der Waals surface area contributed by atoms with Crippen LogP contribution >= 0.6 is 0 Å². The Bertz CT molecular complexity index is 946. The molecular weight excluding hydrogens is 456 g/mol. The summed E-state index contributed by atoms with van der Waals surface area (Å²) < 4.78 is 27.6. The Morgan fingerprint density at radius 1 is 0.629 bits per heavy atom. The lowest BCUT2D eigenvalue weighted by molar-refractivity contribution is -0.0851. The van der Waals surface area contributed by atoms with Gasteiger partial charge in [-0.1, -0.05) is 24.3 Å². The van der Waals surface area contributed by atoms with E-state index in [1.54, 1.807) is 38.1 Å². The van der Waals surface area contributed by atoms with Crippen LogP contribution < -0.4 is 0 Å². The summed E-state index contributed by atoms with van der Waals surface area (Å²) in [4.78, 5) is 24.1. The van der Waals surface area contributed by atoms with Crippen molar-refractivity contribution < 1.29 is 43.5 Å². The fourth-order valence-electron chi connectivity index (χ4n) is 2.89. The molecule has 9 heteroatoms. The van der Waals surface area contributed by atoms with Gasteiger partial charge in [0.2, 0.25) is 0 Å². The topological polar surface area (TPSA) is 121 Å². The van der Waals surface area contributed by atoms with Crippen molar-refractivity contribution in [3.8, 4) is 11.5 Å². The van der Waals surface area contributed by atoms with Crippen LogP contribution in [0.5, 0.6) is 11.5 Å². The Balaban J connectivity index is 1.59. The molecule has 192 valence electrons. The lowest BCUT2D eigenvalue weighted by atomic mass is 10.2. The predicted octanol–water partition coefficient (Wildman–Crippen LogP) is 3.72. The van der Waals surface area contributed by atoms with E-state index in [0.717, 1.165) is 0 Å². The molecule has 0 radical (unpaired) electrons. The molecule has 0 aliphatic rings. The third-order valence-corrected chi connectivity index (χ3v) is 4.85. The Kier molecular flexibility index (Phi) is 11.5. The lowest BCUT2D eigenvalue weighted by Gasteiger charge is -2.21. The smallest absolute Gasteiger partial charge is 0.342 e. The Morgan fingerprint density at radius 3 is 1.51 bits per heavy atom. The normalized spacial score (nSPS) is 14.5. The molecular formula is C26H34O9. The molecule has 0 bridgehead atoms. The third kappa shape index (κ3) is 9.94. The van der Waals surface area contributed by atoms with Gasteiger partial charge in [0.05, 0.1) is 38.1 Å². The van der Waals surface area contributed by atoms with Crippen molar-refractivity contribution in [2.24, 2.45) is 0 Å². The number of benzene rings is 2. The highest BCUT2D eigenvalue weighted by Gasteiger charge is 2.17. The molecule has 0 spiro atoms. The molecule has 2 N–H and O–H groups in total. The SMILES string of the molecule is CC(COC(=O)c1ccccc1O)OCC(C)OCC(C)OCC(C)OC(=O)c1ccccc1O. The summed E-state index contributed by atoms with van der Waals surface area (Å²) in [5, 5.41) is 19.4. The molecule has 2 aromatic rings. The van der Waals surface area contributed by atoms with Crippen LogP contribution in [0.2, 0.25) is 0 Å². The number of para-hydroxylation sites is 2. The number of esters is 2. The van der Waals surface area contributed by atoms with Gasteiger partial charge in [0.15, 0.2) is 0 Å². The van der Waals surface area contributed by atoms with Crippen LogP contribution in [-0.4, -0.2) is 73.0 Å². The first kappa shape index (κ1) is 28.1. The molecule has 2 rings (SSSR count). The molecule has 0 saturated heterocycles. The van der Waals surface area contributed by atoms with Crippen molar-refractivity contribution in [3.63, 3.8) is 0 Å². The van der Waals surface area contributed by atoms with Crippen molar-refractivity contribution in [3.05, 3.63) is 59.7 Å². The minimum atomic E-state index is -0.616. The van der Waals surface area contributed by atoms with Crippen molar-refractivity contribution in [1.82, 2.24) is 0 Å². The molecule has 4 unspecified atom stereocenters. The van der Waals surface area contributed by atoms with Gasteiger partial charge in [0, 0.05) is 0 Å². The molecule has 0 aromatic heterocycles. The van der Waals surface area contributed by atoms with E-state index in [0.29, 0.717) is 6.61 Å². The molecule has 4 atom stereocenters. The molecule has 2 aromatic carbocycles. The van der Waals surface area contributed by atoms with Crippen LogP contribution in [0.15, 0.2) is 48.5 Å². The molecule has 0 heterocycles. The second kappa shape index (κ2) is 14.3. The van der Waals surface area contributed by atoms with Gasteiger partial charge in [0.25, 0.3) is 0 Å². The highest BCUT2D eigenvalue weighted by molar-refractivity contribution is 5.92. The molecule has 0 amide bonds. The molecule has 0 fully saturated rings. The first-order chi connectivity index (χ1) is 16.7. The Labute approximate surface area is 205 Å².